The average molecular weight is 604 g/mol. The number of rotatable bonds is 9. The van der Waals surface area contributed by atoms with Gasteiger partial charge in [0.05, 0.1) is 32.9 Å². The van der Waals surface area contributed by atoms with Crippen molar-refractivity contribution >= 4 is 87.4 Å². The first kappa shape index (κ1) is 26.8. The van der Waals surface area contributed by atoms with E-state index in [0.29, 0.717) is 27.0 Å². The van der Waals surface area contributed by atoms with Crippen LogP contribution >= 0.6 is 23.5 Å². The molecule has 11 nitrogen and oxygen atoms in total. The number of nitrogens with one attached hydrogen (secondary N) is 4. The Morgan fingerprint density at radius 3 is 2.31 bits per heavy atom. The Morgan fingerprint density at radius 2 is 1.59 bits per heavy atom. The van der Waals surface area contributed by atoms with Crippen LogP contribution in [0.5, 0.6) is 5.75 Å². The molecule has 0 saturated heterocycles. The average Bonchev–Trinajstić information content (AvgIpc) is 3.30. The second-order valence-electron chi connectivity index (χ2n) is 8.36. The third kappa shape index (κ3) is 5.97. The topological polar surface area (TPSA) is 170 Å². The molecule has 0 aliphatic carbocycles. The lowest BCUT2D eigenvalue weighted by atomic mass is 10.1. The fraction of sp³-hybridized carbons (Fsp3) is 0.0417. The van der Waals surface area contributed by atoms with Crippen molar-refractivity contribution < 1.29 is 26.5 Å². The van der Waals surface area contributed by atoms with E-state index in [1.165, 1.54) is 35.8 Å². The van der Waals surface area contributed by atoms with Crippen LogP contribution in [0.3, 0.4) is 0 Å². The van der Waals surface area contributed by atoms with Crippen molar-refractivity contribution in [2.75, 3.05) is 26.6 Å². The van der Waals surface area contributed by atoms with E-state index in [2.05, 4.69) is 24.7 Å². The Labute approximate surface area is 232 Å². The highest BCUT2D eigenvalue weighted by molar-refractivity contribution is 8.00. The monoisotopic (exact) mass is 603 g/mol. The molecule has 0 bridgehead atoms. The number of anilines is 4. The van der Waals surface area contributed by atoms with Crippen LogP contribution < -0.4 is 20.3 Å². The summed E-state index contributed by atoms with van der Waals surface area (Å²) in [6.07, 6.45) is 1.04. The maximum Gasteiger partial charge on any atom is 0.294 e. The van der Waals surface area contributed by atoms with Gasteiger partial charge in [0.15, 0.2) is 0 Å². The van der Waals surface area contributed by atoms with Gasteiger partial charge in [0.1, 0.15) is 10.8 Å². The van der Waals surface area contributed by atoms with E-state index in [-0.39, 0.29) is 16.3 Å². The van der Waals surface area contributed by atoms with Crippen LogP contribution in [0.15, 0.2) is 82.6 Å². The van der Waals surface area contributed by atoms with Gasteiger partial charge in [-0.05, 0) is 72.0 Å². The zero-order valence-electron chi connectivity index (χ0n) is 20.0. The molecule has 0 atom stereocenters. The van der Waals surface area contributed by atoms with Gasteiger partial charge in [-0.15, -0.1) is 0 Å². The molecule has 0 aliphatic rings. The second-order valence-corrected chi connectivity index (χ2v) is 13.1. The quantitative estimate of drug-likeness (QED) is 0.0557. The predicted molar refractivity (Wildman–Crippen MR) is 157 cm³/mol. The molecular formula is C24H21N5O6S4. The van der Waals surface area contributed by atoms with Gasteiger partial charge in [-0.1, -0.05) is 24.3 Å². The normalized spacial score (nSPS) is 11.9. The van der Waals surface area contributed by atoms with E-state index in [9.17, 15) is 26.5 Å². The Morgan fingerprint density at radius 1 is 0.872 bits per heavy atom. The number of sulfonamides is 1. The smallest absolute Gasteiger partial charge is 0.294 e. The molecule has 0 saturated carbocycles. The number of aromatic nitrogens is 1. The van der Waals surface area contributed by atoms with Gasteiger partial charge in [-0.25, -0.2) is 8.42 Å². The van der Waals surface area contributed by atoms with Gasteiger partial charge < -0.3 is 9.83 Å². The summed E-state index contributed by atoms with van der Waals surface area (Å²) in [6, 6.07) is 19.6. The molecule has 1 heterocycles. The Balaban J connectivity index is 1.52. The first-order valence-corrected chi connectivity index (χ1v) is 16.0. The zero-order valence-corrected chi connectivity index (χ0v) is 23.3. The molecule has 39 heavy (non-hydrogen) atoms. The fourth-order valence-corrected chi connectivity index (χ4v) is 6.33. The maximum absolute atomic E-state index is 12.1. The van der Waals surface area contributed by atoms with Crippen LogP contribution in [0.1, 0.15) is 0 Å². The third-order valence-electron chi connectivity index (χ3n) is 5.52. The van der Waals surface area contributed by atoms with Crippen LogP contribution in [-0.4, -0.2) is 37.1 Å². The third-order valence-corrected chi connectivity index (χ3v) is 8.64. The van der Waals surface area contributed by atoms with Crippen LogP contribution in [0.4, 0.5) is 22.1 Å². The molecule has 0 unspecified atom stereocenters. The summed E-state index contributed by atoms with van der Waals surface area (Å²) < 4.78 is 65.9. The summed E-state index contributed by atoms with van der Waals surface area (Å²) >= 11 is 2.32. The van der Waals surface area contributed by atoms with Crippen molar-refractivity contribution in [3.8, 4) is 5.75 Å². The largest absolute Gasteiger partial charge is 0.506 e. The highest BCUT2D eigenvalue weighted by atomic mass is 32.2. The number of hydrogen-bond acceptors (Lipinski definition) is 11. The van der Waals surface area contributed by atoms with Gasteiger partial charge in [0, 0.05) is 21.8 Å². The SMILES string of the molecule is CS(=O)(=O)Nc1cccc2c(O)c(SNc3ccc(S(=O)(=O)O)cc3)cc(NNc3snc4ccccc34)c12. The van der Waals surface area contributed by atoms with E-state index in [1.54, 1.807) is 24.3 Å². The predicted octanol–water partition coefficient (Wildman–Crippen LogP) is 5.33. The minimum absolute atomic E-state index is 0.0944. The van der Waals surface area contributed by atoms with Gasteiger partial charge in [0.25, 0.3) is 10.1 Å². The number of aromatic hydroxyl groups is 1. The molecule has 202 valence electrons. The molecule has 1 aromatic heterocycles. The lowest BCUT2D eigenvalue weighted by Crippen LogP contribution is -2.12. The van der Waals surface area contributed by atoms with Crippen molar-refractivity contribution in [2.24, 2.45) is 0 Å². The van der Waals surface area contributed by atoms with Crippen molar-refractivity contribution in [1.82, 2.24) is 4.37 Å². The molecule has 6 N–H and O–H groups in total. The summed E-state index contributed by atoms with van der Waals surface area (Å²) in [5.41, 5.74) is 8.36. The first-order valence-electron chi connectivity index (χ1n) is 11.1. The Hall–Kier alpha value is -3.76. The number of phenols is 1. The molecule has 4 aromatic carbocycles. The van der Waals surface area contributed by atoms with Crippen LogP contribution in [0.25, 0.3) is 21.7 Å². The van der Waals surface area contributed by atoms with Crippen LogP contribution in [0, 0.1) is 0 Å². The van der Waals surface area contributed by atoms with E-state index in [0.717, 1.165) is 34.1 Å². The number of hydrogen-bond donors (Lipinski definition) is 6. The highest BCUT2D eigenvalue weighted by Gasteiger charge is 2.18. The van der Waals surface area contributed by atoms with Gasteiger partial charge >= 0.3 is 0 Å². The summed E-state index contributed by atoms with van der Waals surface area (Å²) in [5.74, 6) is -0.0944. The van der Waals surface area contributed by atoms with E-state index in [1.807, 2.05) is 24.3 Å². The number of benzene rings is 4. The summed E-state index contributed by atoms with van der Waals surface area (Å²) in [7, 11) is -7.94. The maximum atomic E-state index is 12.1. The van der Waals surface area contributed by atoms with Crippen LogP contribution in [0.2, 0.25) is 0 Å². The number of hydrazine groups is 1. The Bertz CT molecular complexity index is 1910. The molecule has 0 amide bonds. The molecule has 5 aromatic rings. The fourth-order valence-electron chi connectivity index (χ4n) is 3.82. The second kappa shape index (κ2) is 10.4. The number of phenolic OH excluding ortho intramolecular Hbond substituents is 1. The molecule has 0 radical (unpaired) electrons. The number of nitrogens with zero attached hydrogens (tertiary/aromatic N) is 1. The summed E-state index contributed by atoms with van der Waals surface area (Å²) in [4.78, 5) is 0.155. The molecule has 0 spiro atoms. The standard InChI is InChI=1S/C24H21N5O6S4/c1-38(31,32)29-19-8-4-6-17-22(19)20(25-26-24-16-5-2-3-7-18(16)28-37-24)13-21(23(17)30)36-27-14-9-11-15(12-10-14)39(33,34)35/h2-13,25-27,29-30H,1H3,(H,33,34,35). The lowest BCUT2D eigenvalue weighted by molar-refractivity contribution is 0.469. The van der Waals surface area contributed by atoms with Crippen LogP contribution in [-0.2, 0) is 20.1 Å². The molecule has 5 rings (SSSR count). The molecule has 15 heteroatoms. The van der Waals surface area contributed by atoms with Crippen molar-refractivity contribution in [1.29, 1.82) is 0 Å². The zero-order chi connectivity index (χ0) is 27.8. The molecule has 0 fully saturated rings. The first-order chi connectivity index (χ1) is 18.5. The van der Waals surface area contributed by atoms with Gasteiger partial charge in [-0.3, -0.25) is 20.1 Å². The van der Waals surface area contributed by atoms with Crippen molar-refractivity contribution in [3.05, 3.63) is 72.8 Å². The number of fused-ring (bicyclic) bond motifs is 2. The van der Waals surface area contributed by atoms with E-state index in [4.69, 9.17) is 0 Å². The molecular weight excluding hydrogens is 583 g/mol. The Kier molecular flexibility index (Phi) is 7.17. The summed E-state index contributed by atoms with van der Waals surface area (Å²) in [6.45, 7) is 0. The summed E-state index contributed by atoms with van der Waals surface area (Å²) in [5, 5.41) is 13.6. The van der Waals surface area contributed by atoms with Crippen molar-refractivity contribution in [3.63, 3.8) is 0 Å². The van der Waals surface area contributed by atoms with Crippen molar-refractivity contribution in [2.45, 2.75) is 9.79 Å². The minimum atomic E-state index is -4.32. The van der Waals surface area contributed by atoms with E-state index < -0.39 is 20.1 Å². The highest BCUT2D eigenvalue weighted by Crippen LogP contribution is 2.43. The van der Waals surface area contributed by atoms with Gasteiger partial charge in [-0.2, -0.15) is 12.8 Å². The lowest BCUT2D eigenvalue weighted by Gasteiger charge is -2.18. The van der Waals surface area contributed by atoms with E-state index >= 15 is 0 Å². The molecule has 0 aliphatic heterocycles. The van der Waals surface area contributed by atoms with Gasteiger partial charge in [0.2, 0.25) is 10.0 Å². The minimum Gasteiger partial charge on any atom is -0.506 e.